The van der Waals surface area contributed by atoms with E-state index in [9.17, 15) is 0 Å². The van der Waals surface area contributed by atoms with Crippen LogP contribution in [0.1, 0.15) is 19.4 Å². The first kappa shape index (κ1) is 12.3. The minimum Gasteiger partial charge on any atom is -0.396 e. The minimum atomic E-state index is 0.0989. The molecular weight excluding hydrogens is 204 g/mol. The van der Waals surface area contributed by atoms with Crippen molar-refractivity contribution >= 4 is 11.5 Å². The van der Waals surface area contributed by atoms with Crippen LogP contribution < -0.4 is 11.1 Å². The highest BCUT2D eigenvalue weighted by Crippen LogP contribution is 2.15. The number of nitrogens with two attached hydrogens (primary N) is 1. The van der Waals surface area contributed by atoms with Crippen LogP contribution in [0.15, 0.2) is 12.3 Å². The van der Waals surface area contributed by atoms with Crippen LogP contribution in [-0.4, -0.2) is 24.2 Å². The summed E-state index contributed by atoms with van der Waals surface area (Å²) in [7, 11) is 0. The Morgan fingerprint density at radius 3 is 3.00 bits per heavy atom. The fourth-order valence-corrected chi connectivity index (χ4v) is 1.27. The van der Waals surface area contributed by atoms with Gasteiger partial charge in [-0.1, -0.05) is 0 Å². The maximum absolute atomic E-state index is 8.66. The standard InChI is InChI=1S/C11H16N4O/c1-3-16-8(2)6-14-11-10(13)4-9(5-12)7-15-11/h4,7-8H,3,6,13H2,1-2H3,(H,14,15). The molecule has 86 valence electrons. The lowest BCUT2D eigenvalue weighted by molar-refractivity contribution is 0.0855. The molecule has 0 amide bonds. The lowest BCUT2D eigenvalue weighted by atomic mass is 10.2. The third-order valence-electron chi connectivity index (χ3n) is 2.05. The zero-order valence-corrected chi connectivity index (χ0v) is 9.53. The van der Waals surface area contributed by atoms with Crippen LogP contribution in [0.25, 0.3) is 0 Å². The second-order valence-corrected chi connectivity index (χ2v) is 3.42. The lowest BCUT2D eigenvalue weighted by Crippen LogP contribution is -2.20. The molecule has 0 saturated heterocycles. The zero-order valence-electron chi connectivity index (χ0n) is 9.53. The predicted octanol–water partition coefficient (Wildman–Crippen LogP) is 1.37. The maximum atomic E-state index is 8.66. The molecule has 1 aromatic rings. The van der Waals surface area contributed by atoms with Gasteiger partial charge in [0, 0.05) is 19.3 Å². The Balaban J connectivity index is 2.58. The van der Waals surface area contributed by atoms with E-state index in [1.165, 1.54) is 6.20 Å². The first-order valence-corrected chi connectivity index (χ1v) is 5.18. The molecule has 1 aromatic heterocycles. The normalized spacial score (nSPS) is 11.8. The molecule has 0 aliphatic rings. The number of anilines is 2. The molecule has 0 saturated carbocycles. The van der Waals surface area contributed by atoms with Crippen LogP contribution in [0.2, 0.25) is 0 Å². The monoisotopic (exact) mass is 220 g/mol. The number of ether oxygens (including phenoxy) is 1. The Bertz CT molecular complexity index is 386. The molecule has 1 rings (SSSR count). The average molecular weight is 220 g/mol. The van der Waals surface area contributed by atoms with Crippen LogP contribution in [0.5, 0.6) is 0 Å². The SMILES string of the molecule is CCOC(C)CNc1ncc(C#N)cc1N. The molecule has 16 heavy (non-hydrogen) atoms. The summed E-state index contributed by atoms with van der Waals surface area (Å²) in [5.41, 5.74) is 6.67. The van der Waals surface area contributed by atoms with Gasteiger partial charge in [0.25, 0.3) is 0 Å². The molecular formula is C11H16N4O. The van der Waals surface area contributed by atoms with Crippen molar-refractivity contribution in [3.63, 3.8) is 0 Å². The van der Waals surface area contributed by atoms with E-state index in [1.54, 1.807) is 6.07 Å². The largest absolute Gasteiger partial charge is 0.396 e. The van der Waals surface area contributed by atoms with Gasteiger partial charge in [0.1, 0.15) is 11.9 Å². The van der Waals surface area contributed by atoms with E-state index in [-0.39, 0.29) is 6.10 Å². The van der Waals surface area contributed by atoms with Crippen molar-refractivity contribution in [3.8, 4) is 6.07 Å². The lowest BCUT2D eigenvalue weighted by Gasteiger charge is -2.13. The number of nitrogen functional groups attached to an aromatic ring is 1. The molecule has 1 unspecified atom stereocenters. The van der Waals surface area contributed by atoms with E-state index >= 15 is 0 Å². The summed E-state index contributed by atoms with van der Waals surface area (Å²) in [6, 6.07) is 3.58. The topological polar surface area (TPSA) is 84.0 Å². The molecule has 0 aliphatic heterocycles. The third kappa shape index (κ3) is 3.41. The Morgan fingerprint density at radius 2 is 2.44 bits per heavy atom. The van der Waals surface area contributed by atoms with Crippen molar-refractivity contribution in [1.29, 1.82) is 5.26 Å². The molecule has 5 heteroatoms. The van der Waals surface area contributed by atoms with Crippen molar-refractivity contribution in [1.82, 2.24) is 4.98 Å². The molecule has 0 aromatic carbocycles. The van der Waals surface area contributed by atoms with Gasteiger partial charge in [-0.3, -0.25) is 0 Å². The van der Waals surface area contributed by atoms with E-state index in [2.05, 4.69) is 10.3 Å². The number of nitrogens with zero attached hydrogens (tertiary/aromatic N) is 2. The van der Waals surface area contributed by atoms with Gasteiger partial charge in [0.2, 0.25) is 0 Å². The van der Waals surface area contributed by atoms with Crippen LogP contribution in [0, 0.1) is 11.3 Å². The summed E-state index contributed by atoms with van der Waals surface area (Å²) in [6.07, 6.45) is 1.59. The minimum absolute atomic E-state index is 0.0989. The highest BCUT2D eigenvalue weighted by Gasteiger charge is 2.04. The van der Waals surface area contributed by atoms with Gasteiger partial charge in [-0.25, -0.2) is 4.98 Å². The van der Waals surface area contributed by atoms with Crippen molar-refractivity contribution < 1.29 is 4.74 Å². The predicted molar refractivity (Wildman–Crippen MR) is 62.9 cm³/mol. The fourth-order valence-electron chi connectivity index (χ4n) is 1.27. The first-order valence-electron chi connectivity index (χ1n) is 5.18. The van der Waals surface area contributed by atoms with E-state index in [0.717, 1.165) is 0 Å². The number of nitrogens with one attached hydrogen (secondary N) is 1. The number of hydrogen-bond donors (Lipinski definition) is 2. The van der Waals surface area contributed by atoms with Gasteiger partial charge in [0.15, 0.2) is 0 Å². The Kier molecular flexibility index (Phi) is 4.55. The maximum Gasteiger partial charge on any atom is 0.149 e. The quantitative estimate of drug-likeness (QED) is 0.783. The fraction of sp³-hybridized carbons (Fsp3) is 0.455. The average Bonchev–Trinajstić information content (AvgIpc) is 2.27. The molecule has 5 nitrogen and oxygen atoms in total. The van der Waals surface area contributed by atoms with Crippen LogP contribution in [0.4, 0.5) is 11.5 Å². The van der Waals surface area contributed by atoms with Gasteiger partial charge in [-0.05, 0) is 19.9 Å². The molecule has 1 atom stereocenters. The highest BCUT2D eigenvalue weighted by molar-refractivity contribution is 5.63. The van der Waals surface area contributed by atoms with Gasteiger partial charge < -0.3 is 15.8 Å². The Labute approximate surface area is 95.2 Å². The van der Waals surface area contributed by atoms with E-state index in [0.29, 0.717) is 30.2 Å². The first-order chi connectivity index (χ1) is 7.67. The molecule has 3 N–H and O–H groups in total. The summed E-state index contributed by atoms with van der Waals surface area (Å²) in [5.74, 6) is 0.588. The molecule has 0 radical (unpaired) electrons. The second-order valence-electron chi connectivity index (χ2n) is 3.42. The summed E-state index contributed by atoms with van der Waals surface area (Å²) in [4.78, 5) is 4.07. The number of nitriles is 1. The van der Waals surface area contributed by atoms with Gasteiger partial charge in [-0.15, -0.1) is 0 Å². The number of rotatable bonds is 5. The molecule has 0 spiro atoms. The number of pyridine rings is 1. The Morgan fingerprint density at radius 1 is 1.69 bits per heavy atom. The smallest absolute Gasteiger partial charge is 0.149 e. The van der Waals surface area contributed by atoms with Gasteiger partial charge in [-0.2, -0.15) is 5.26 Å². The molecule has 0 aliphatic carbocycles. The van der Waals surface area contributed by atoms with Crippen molar-refractivity contribution in [2.24, 2.45) is 0 Å². The third-order valence-corrected chi connectivity index (χ3v) is 2.05. The van der Waals surface area contributed by atoms with Gasteiger partial charge in [0.05, 0.1) is 17.4 Å². The van der Waals surface area contributed by atoms with Crippen LogP contribution in [-0.2, 0) is 4.74 Å². The number of hydrogen-bond acceptors (Lipinski definition) is 5. The molecule has 0 fully saturated rings. The highest BCUT2D eigenvalue weighted by atomic mass is 16.5. The van der Waals surface area contributed by atoms with Crippen LogP contribution in [0.3, 0.4) is 0 Å². The summed E-state index contributed by atoms with van der Waals surface area (Å²) < 4.78 is 5.36. The van der Waals surface area contributed by atoms with Crippen molar-refractivity contribution in [2.45, 2.75) is 20.0 Å². The van der Waals surface area contributed by atoms with Crippen LogP contribution >= 0.6 is 0 Å². The van der Waals surface area contributed by atoms with Crippen molar-refractivity contribution in [2.75, 3.05) is 24.2 Å². The molecule has 1 heterocycles. The summed E-state index contributed by atoms with van der Waals surface area (Å²) in [5, 5.41) is 11.7. The Hall–Kier alpha value is -1.80. The molecule has 0 bridgehead atoms. The zero-order chi connectivity index (χ0) is 12.0. The second kappa shape index (κ2) is 5.93. The van der Waals surface area contributed by atoms with Gasteiger partial charge >= 0.3 is 0 Å². The van der Waals surface area contributed by atoms with E-state index in [1.807, 2.05) is 19.9 Å². The number of aromatic nitrogens is 1. The van der Waals surface area contributed by atoms with Crippen molar-refractivity contribution in [3.05, 3.63) is 17.8 Å². The summed E-state index contributed by atoms with van der Waals surface area (Å²) >= 11 is 0. The summed E-state index contributed by atoms with van der Waals surface area (Å²) in [6.45, 7) is 5.23. The van der Waals surface area contributed by atoms with E-state index in [4.69, 9.17) is 15.7 Å². The van der Waals surface area contributed by atoms with E-state index < -0.39 is 0 Å².